The van der Waals surface area contributed by atoms with Crippen molar-refractivity contribution >= 4 is 5.91 Å². The molecule has 1 aromatic carbocycles. The van der Waals surface area contributed by atoms with Crippen LogP contribution in [0.2, 0.25) is 0 Å². The van der Waals surface area contributed by atoms with Crippen LogP contribution in [0.25, 0.3) is 0 Å². The minimum absolute atomic E-state index is 0.00488. The van der Waals surface area contributed by atoms with E-state index in [1.54, 1.807) is 7.11 Å². The van der Waals surface area contributed by atoms with Gasteiger partial charge in [0.1, 0.15) is 17.6 Å². The number of aryl methyl sites for hydroxylation is 1. The lowest BCUT2D eigenvalue weighted by atomic mass is 9.87. The zero-order valence-corrected chi connectivity index (χ0v) is 14.3. The third kappa shape index (κ3) is 3.30. The fourth-order valence-corrected chi connectivity index (χ4v) is 3.36. The number of ether oxygens (including phenoxy) is 1. The molecule has 2 aromatic rings. The molecule has 0 aliphatic heterocycles. The average Bonchev–Trinajstić information content (AvgIpc) is 3.08. The van der Waals surface area contributed by atoms with Crippen LogP contribution < -0.4 is 10.1 Å². The molecule has 128 valence electrons. The number of unbranched alkanes of at least 4 members (excludes halogenated alkanes) is 1. The van der Waals surface area contributed by atoms with E-state index < -0.39 is 0 Å². The van der Waals surface area contributed by atoms with Crippen LogP contribution in [0.5, 0.6) is 5.75 Å². The van der Waals surface area contributed by atoms with E-state index in [9.17, 15) is 4.79 Å². The third-order valence-corrected chi connectivity index (χ3v) is 4.65. The van der Waals surface area contributed by atoms with Crippen molar-refractivity contribution in [3.8, 4) is 5.75 Å². The molecule has 1 aliphatic carbocycles. The molecule has 0 radical (unpaired) electrons. The van der Waals surface area contributed by atoms with Crippen molar-refractivity contribution in [1.82, 2.24) is 10.5 Å². The van der Waals surface area contributed by atoms with Gasteiger partial charge in [0.25, 0.3) is 5.91 Å². The molecule has 5 heteroatoms. The highest BCUT2D eigenvalue weighted by atomic mass is 16.5. The van der Waals surface area contributed by atoms with Gasteiger partial charge in [-0.1, -0.05) is 30.6 Å². The van der Waals surface area contributed by atoms with Gasteiger partial charge in [-0.25, -0.2) is 0 Å². The Balaban J connectivity index is 1.78. The second-order valence-electron chi connectivity index (χ2n) is 6.22. The van der Waals surface area contributed by atoms with Gasteiger partial charge in [-0.05, 0) is 49.3 Å². The fraction of sp³-hybridized carbons (Fsp3) is 0.474. The number of hydrogen-bond donors (Lipinski definition) is 1. The zero-order valence-electron chi connectivity index (χ0n) is 14.3. The molecule has 3 rings (SSSR count). The monoisotopic (exact) mass is 328 g/mol. The quantitative estimate of drug-likeness (QED) is 0.875. The predicted molar refractivity (Wildman–Crippen MR) is 91.3 cm³/mol. The maximum atomic E-state index is 12.7. The minimum atomic E-state index is -0.108. The Morgan fingerprint density at radius 2 is 2.33 bits per heavy atom. The Labute approximate surface area is 142 Å². The maximum Gasteiger partial charge on any atom is 0.257 e. The van der Waals surface area contributed by atoms with Gasteiger partial charge >= 0.3 is 0 Å². The second-order valence-corrected chi connectivity index (χ2v) is 6.22. The molecule has 1 aromatic heterocycles. The molecule has 0 saturated heterocycles. The standard InChI is InChI=1S/C19H24N2O3/c1-3-4-9-17-15(12-24-21-17)19(22)20-16-10-5-8-14-13(16)7-6-11-18(14)23-2/h6-7,11-12,16H,3-5,8-10H2,1-2H3,(H,20,22)/t16-/m1/s1. The summed E-state index contributed by atoms with van der Waals surface area (Å²) < 4.78 is 10.5. The van der Waals surface area contributed by atoms with Crippen molar-refractivity contribution < 1.29 is 14.1 Å². The first-order valence-electron chi connectivity index (χ1n) is 8.64. The van der Waals surface area contributed by atoms with Crippen molar-refractivity contribution in [2.75, 3.05) is 7.11 Å². The van der Waals surface area contributed by atoms with Crippen molar-refractivity contribution in [3.05, 3.63) is 46.8 Å². The Kier molecular flexibility index (Phi) is 5.18. The SMILES string of the molecule is CCCCc1nocc1C(=O)N[C@@H]1CCCc2c(OC)cccc21. The Morgan fingerprint density at radius 1 is 1.46 bits per heavy atom. The van der Waals surface area contributed by atoms with Crippen LogP contribution in [-0.4, -0.2) is 18.2 Å². The number of amides is 1. The van der Waals surface area contributed by atoms with E-state index in [4.69, 9.17) is 9.26 Å². The number of aromatic nitrogens is 1. The van der Waals surface area contributed by atoms with Crippen LogP contribution in [0.15, 0.2) is 29.0 Å². The molecule has 5 nitrogen and oxygen atoms in total. The number of carbonyl (C=O) groups excluding carboxylic acids is 1. The molecule has 1 atom stereocenters. The normalized spacial score (nSPS) is 16.5. The summed E-state index contributed by atoms with van der Waals surface area (Å²) >= 11 is 0. The molecular formula is C19H24N2O3. The fourth-order valence-electron chi connectivity index (χ4n) is 3.36. The molecular weight excluding hydrogens is 304 g/mol. The summed E-state index contributed by atoms with van der Waals surface area (Å²) in [6.07, 6.45) is 7.23. The molecule has 1 amide bonds. The summed E-state index contributed by atoms with van der Waals surface area (Å²) in [5.74, 6) is 0.795. The molecule has 1 aliphatic rings. The minimum Gasteiger partial charge on any atom is -0.496 e. The summed E-state index contributed by atoms with van der Waals surface area (Å²) in [6, 6.07) is 6.04. The number of nitrogens with one attached hydrogen (secondary N) is 1. The van der Waals surface area contributed by atoms with Gasteiger partial charge in [-0.2, -0.15) is 0 Å². The van der Waals surface area contributed by atoms with Crippen molar-refractivity contribution in [3.63, 3.8) is 0 Å². The Hall–Kier alpha value is -2.30. The summed E-state index contributed by atoms with van der Waals surface area (Å²) in [7, 11) is 1.69. The topological polar surface area (TPSA) is 64.4 Å². The predicted octanol–water partition coefficient (Wildman–Crippen LogP) is 3.83. The molecule has 24 heavy (non-hydrogen) atoms. The molecule has 1 N–H and O–H groups in total. The van der Waals surface area contributed by atoms with E-state index in [1.807, 2.05) is 12.1 Å². The van der Waals surface area contributed by atoms with E-state index in [1.165, 1.54) is 11.8 Å². The second kappa shape index (κ2) is 7.51. The number of fused-ring (bicyclic) bond motifs is 1. The van der Waals surface area contributed by atoms with E-state index in [0.717, 1.165) is 55.5 Å². The number of rotatable bonds is 6. The third-order valence-electron chi connectivity index (χ3n) is 4.65. The van der Waals surface area contributed by atoms with Gasteiger partial charge in [-0.3, -0.25) is 4.79 Å². The number of carbonyl (C=O) groups is 1. The summed E-state index contributed by atoms with van der Waals surface area (Å²) in [4.78, 5) is 12.7. The van der Waals surface area contributed by atoms with Gasteiger partial charge in [0.2, 0.25) is 0 Å². The summed E-state index contributed by atoms with van der Waals surface area (Å²) in [6.45, 7) is 2.12. The Morgan fingerprint density at radius 3 is 3.12 bits per heavy atom. The first-order chi connectivity index (χ1) is 11.7. The molecule has 0 fully saturated rings. The average molecular weight is 328 g/mol. The van der Waals surface area contributed by atoms with E-state index in [-0.39, 0.29) is 11.9 Å². The lowest BCUT2D eigenvalue weighted by molar-refractivity contribution is 0.0931. The smallest absolute Gasteiger partial charge is 0.257 e. The molecule has 1 heterocycles. The zero-order chi connectivity index (χ0) is 16.9. The molecule has 0 spiro atoms. The summed E-state index contributed by atoms with van der Waals surface area (Å²) in [5, 5.41) is 7.13. The molecule has 0 saturated carbocycles. The van der Waals surface area contributed by atoms with Gasteiger partial charge in [-0.15, -0.1) is 0 Å². The van der Waals surface area contributed by atoms with Gasteiger partial charge in [0.05, 0.1) is 18.8 Å². The van der Waals surface area contributed by atoms with Gasteiger partial charge in [0.15, 0.2) is 0 Å². The van der Waals surface area contributed by atoms with Crippen LogP contribution in [0.3, 0.4) is 0 Å². The lowest BCUT2D eigenvalue weighted by Crippen LogP contribution is -2.31. The van der Waals surface area contributed by atoms with Crippen LogP contribution in [0, 0.1) is 0 Å². The van der Waals surface area contributed by atoms with Crippen molar-refractivity contribution in [1.29, 1.82) is 0 Å². The highest BCUT2D eigenvalue weighted by Gasteiger charge is 2.26. The highest BCUT2D eigenvalue weighted by molar-refractivity contribution is 5.95. The van der Waals surface area contributed by atoms with E-state index in [0.29, 0.717) is 5.56 Å². The number of benzene rings is 1. The van der Waals surface area contributed by atoms with Crippen LogP contribution >= 0.6 is 0 Å². The highest BCUT2D eigenvalue weighted by Crippen LogP contribution is 2.35. The molecule has 0 unspecified atom stereocenters. The van der Waals surface area contributed by atoms with Crippen LogP contribution in [0.1, 0.15) is 65.8 Å². The first kappa shape index (κ1) is 16.6. The van der Waals surface area contributed by atoms with E-state index >= 15 is 0 Å². The van der Waals surface area contributed by atoms with Crippen molar-refractivity contribution in [2.24, 2.45) is 0 Å². The Bertz CT molecular complexity index is 708. The van der Waals surface area contributed by atoms with Crippen LogP contribution in [0.4, 0.5) is 0 Å². The first-order valence-corrected chi connectivity index (χ1v) is 8.64. The number of nitrogens with zero attached hydrogens (tertiary/aromatic N) is 1. The van der Waals surface area contributed by atoms with Crippen LogP contribution in [-0.2, 0) is 12.8 Å². The number of hydrogen-bond acceptors (Lipinski definition) is 4. The lowest BCUT2D eigenvalue weighted by Gasteiger charge is -2.27. The number of methoxy groups -OCH3 is 1. The largest absolute Gasteiger partial charge is 0.496 e. The molecule has 0 bridgehead atoms. The van der Waals surface area contributed by atoms with Crippen molar-refractivity contribution in [2.45, 2.75) is 51.5 Å². The van der Waals surface area contributed by atoms with E-state index in [2.05, 4.69) is 23.5 Å². The maximum absolute atomic E-state index is 12.7. The summed E-state index contributed by atoms with van der Waals surface area (Å²) in [5.41, 5.74) is 3.66. The van der Waals surface area contributed by atoms with Gasteiger partial charge in [0, 0.05) is 0 Å². The van der Waals surface area contributed by atoms with Gasteiger partial charge < -0.3 is 14.6 Å².